The van der Waals surface area contributed by atoms with Gasteiger partial charge >= 0.3 is 5.00 Å². The minimum absolute atomic E-state index is 0.234. The van der Waals surface area contributed by atoms with E-state index >= 15 is 0 Å². The average molecular weight is 241 g/mol. The zero-order valence-corrected chi connectivity index (χ0v) is 10.00. The largest absolute Gasteiger partial charge is 0.324 e. The number of nitrogens with zero attached hydrogens (tertiary/aromatic N) is 2. The Morgan fingerprint density at radius 2 is 2.44 bits per heavy atom. The standard InChI is InChI=1S/C10H15N3O2S/c1-2-12(9-4-11-5-9)6-8-3-10(13(14)15)16-7-8/h3,7,9,11H,2,4-6H2,1H3. The number of hydrogen-bond donors (Lipinski definition) is 1. The van der Waals surface area contributed by atoms with Crippen molar-refractivity contribution < 1.29 is 4.92 Å². The fourth-order valence-corrected chi connectivity index (χ4v) is 2.53. The van der Waals surface area contributed by atoms with Gasteiger partial charge in [0, 0.05) is 37.1 Å². The van der Waals surface area contributed by atoms with E-state index in [1.54, 1.807) is 6.07 Å². The lowest BCUT2D eigenvalue weighted by Gasteiger charge is -2.37. The zero-order chi connectivity index (χ0) is 11.5. The molecule has 0 atom stereocenters. The third-order valence-electron chi connectivity index (χ3n) is 2.89. The first kappa shape index (κ1) is 11.5. The van der Waals surface area contributed by atoms with Crippen molar-refractivity contribution >= 4 is 16.3 Å². The van der Waals surface area contributed by atoms with Gasteiger partial charge in [-0.1, -0.05) is 18.3 Å². The molecule has 16 heavy (non-hydrogen) atoms. The molecule has 1 aliphatic heterocycles. The van der Waals surface area contributed by atoms with E-state index in [0.717, 1.165) is 31.7 Å². The van der Waals surface area contributed by atoms with Crippen molar-refractivity contribution in [2.24, 2.45) is 0 Å². The van der Waals surface area contributed by atoms with Crippen LogP contribution in [0.3, 0.4) is 0 Å². The van der Waals surface area contributed by atoms with E-state index in [4.69, 9.17) is 0 Å². The number of rotatable bonds is 5. The highest BCUT2D eigenvalue weighted by atomic mass is 32.1. The summed E-state index contributed by atoms with van der Waals surface area (Å²) in [7, 11) is 0. The molecule has 0 bridgehead atoms. The van der Waals surface area contributed by atoms with Gasteiger partial charge in [0.2, 0.25) is 0 Å². The van der Waals surface area contributed by atoms with Crippen LogP contribution in [0.15, 0.2) is 11.4 Å². The van der Waals surface area contributed by atoms with Crippen LogP contribution < -0.4 is 5.32 Å². The summed E-state index contributed by atoms with van der Waals surface area (Å²) < 4.78 is 0. The number of thiophene rings is 1. The molecule has 0 aliphatic carbocycles. The van der Waals surface area contributed by atoms with Gasteiger partial charge in [-0.25, -0.2) is 0 Å². The predicted molar refractivity (Wildman–Crippen MR) is 63.7 cm³/mol. The molecular weight excluding hydrogens is 226 g/mol. The third-order valence-corrected chi connectivity index (χ3v) is 3.82. The average Bonchev–Trinajstić information content (AvgIpc) is 2.62. The topological polar surface area (TPSA) is 58.4 Å². The molecule has 5 nitrogen and oxygen atoms in total. The molecule has 88 valence electrons. The highest BCUT2D eigenvalue weighted by Crippen LogP contribution is 2.24. The normalized spacial score (nSPS) is 16.4. The van der Waals surface area contributed by atoms with E-state index in [1.807, 2.05) is 5.38 Å². The molecule has 1 saturated heterocycles. The van der Waals surface area contributed by atoms with Gasteiger partial charge in [-0.3, -0.25) is 15.0 Å². The van der Waals surface area contributed by atoms with Crippen molar-refractivity contribution in [2.75, 3.05) is 19.6 Å². The number of likely N-dealkylation sites (N-methyl/N-ethyl adjacent to an activating group) is 1. The second-order valence-electron chi connectivity index (χ2n) is 3.93. The van der Waals surface area contributed by atoms with Crippen LogP contribution in [-0.2, 0) is 6.54 Å². The van der Waals surface area contributed by atoms with Gasteiger partial charge in [0.15, 0.2) is 0 Å². The Balaban J connectivity index is 1.98. The van der Waals surface area contributed by atoms with Crippen LogP contribution in [0.25, 0.3) is 0 Å². The van der Waals surface area contributed by atoms with E-state index in [1.165, 1.54) is 11.3 Å². The molecular formula is C10H15N3O2S. The van der Waals surface area contributed by atoms with Gasteiger partial charge in [-0.2, -0.15) is 0 Å². The van der Waals surface area contributed by atoms with E-state index < -0.39 is 0 Å². The summed E-state index contributed by atoms with van der Waals surface area (Å²) in [5.74, 6) is 0. The fourth-order valence-electron chi connectivity index (χ4n) is 1.81. The minimum atomic E-state index is -0.324. The molecule has 0 spiro atoms. The summed E-state index contributed by atoms with van der Waals surface area (Å²) >= 11 is 1.21. The van der Waals surface area contributed by atoms with Crippen LogP contribution in [0.5, 0.6) is 0 Å². The highest BCUT2D eigenvalue weighted by molar-refractivity contribution is 7.13. The molecule has 1 N–H and O–H groups in total. The Hall–Kier alpha value is -0.980. The van der Waals surface area contributed by atoms with E-state index in [2.05, 4.69) is 17.1 Å². The lowest BCUT2D eigenvalue weighted by molar-refractivity contribution is -0.380. The van der Waals surface area contributed by atoms with Crippen molar-refractivity contribution in [1.82, 2.24) is 10.2 Å². The minimum Gasteiger partial charge on any atom is -0.314 e. The first-order valence-electron chi connectivity index (χ1n) is 5.37. The first-order valence-corrected chi connectivity index (χ1v) is 6.25. The summed E-state index contributed by atoms with van der Waals surface area (Å²) in [5, 5.41) is 15.9. The number of nitrogens with one attached hydrogen (secondary N) is 1. The summed E-state index contributed by atoms with van der Waals surface area (Å²) in [5.41, 5.74) is 1.05. The maximum absolute atomic E-state index is 10.6. The van der Waals surface area contributed by atoms with Gasteiger partial charge in [-0.15, -0.1) is 0 Å². The van der Waals surface area contributed by atoms with Crippen molar-refractivity contribution in [3.05, 3.63) is 27.1 Å². The van der Waals surface area contributed by atoms with Crippen molar-refractivity contribution in [3.63, 3.8) is 0 Å². The molecule has 0 unspecified atom stereocenters. The van der Waals surface area contributed by atoms with Crippen LogP contribution in [0.1, 0.15) is 12.5 Å². The number of nitro groups is 1. The second kappa shape index (κ2) is 4.90. The summed E-state index contributed by atoms with van der Waals surface area (Å²) in [6.45, 7) is 5.97. The van der Waals surface area contributed by atoms with Gasteiger partial charge in [-0.05, 0) is 12.1 Å². The maximum atomic E-state index is 10.6. The Kier molecular flexibility index (Phi) is 3.52. The molecule has 0 amide bonds. The predicted octanol–water partition coefficient (Wildman–Crippen LogP) is 1.45. The fraction of sp³-hybridized carbons (Fsp3) is 0.600. The quantitative estimate of drug-likeness (QED) is 0.626. The molecule has 1 aromatic heterocycles. The summed E-state index contributed by atoms with van der Waals surface area (Å²) in [4.78, 5) is 12.6. The van der Waals surface area contributed by atoms with Crippen LogP contribution in [-0.4, -0.2) is 35.5 Å². The Labute approximate surface area is 98.2 Å². The van der Waals surface area contributed by atoms with Crippen LogP contribution in [0, 0.1) is 10.1 Å². The Bertz CT molecular complexity index is 376. The number of hydrogen-bond acceptors (Lipinski definition) is 5. The SMILES string of the molecule is CCN(Cc1csc([N+](=O)[O-])c1)C1CNC1. The molecule has 0 aromatic carbocycles. The molecule has 2 rings (SSSR count). The lowest BCUT2D eigenvalue weighted by atomic mass is 10.1. The van der Waals surface area contributed by atoms with Gasteiger partial charge < -0.3 is 5.32 Å². The zero-order valence-electron chi connectivity index (χ0n) is 9.18. The molecule has 2 heterocycles. The summed E-state index contributed by atoms with van der Waals surface area (Å²) in [6, 6.07) is 2.27. The lowest BCUT2D eigenvalue weighted by Crippen LogP contribution is -2.56. The van der Waals surface area contributed by atoms with E-state index in [9.17, 15) is 10.1 Å². The van der Waals surface area contributed by atoms with Gasteiger partial charge in [0.25, 0.3) is 0 Å². The molecule has 1 aromatic rings. The summed E-state index contributed by atoms with van der Waals surface area (Å²) in [6.07, 6.45) is 0. The molecule has 0 radical (unpaired) electrons. The maximum Gasteiger partial charge on any atom is 0.324 e. The van der Waals surface area contributed by atoms with Crippen molar-refractivity contribution in [3.8, 4) is 0 Å². The first-order chi connectivity index (χ1) is 7.70. The highest BCUT2D eigenvalue weighted by Gasteiger charge is 2.23. The molecule has 6 heteroatoms. The Morgan fingerprint density at radius 3 is 2.88 bits per heavy atom. The van der Waals surface area contributed by atoms with Crippen LogP contribution in [0.4, 0.5) is 5.00 Å². The third kappa shape index (κ3) is 2.40. The molecule has 1 aliphatic rings. The van der Waals surface area contributed by atoms with Gasteiger partial charge in [0.1, 0.15) is 0 Å². The smallest absolute Gasteiger partial charge is 0.314 e. The molecule has 1 fully saturated rings. The Morgan fingerprint density at radius 1 is 1.69 bits per heavy atom. The van der Waals surface area contributed by atoms with Crippen molar-refractivity contribution in [2.45, 2.75) is 19.5 Å². The van der Waals surface area contributed by atoms with Crippen LogP contribution in [0.2, 0.25) is 0 Å². The van der Waals surface area contributed by atoms with E-state index in [0.29, 0.717) is 6.04 Å². The molecule has 0 saturated carbocycles. The van der Waals surface area contributed by atoms with E-state index in [-0.39, 0.29) is 9.92 Å². The van der Waals surface area contributed by atoms with Crippen LogP contribution >= 0.6 is 11.3 Å². The second-order valence-corrected chi connectivity index (χ2v) is 4.82. The van der Waals surface area contributed by atoms with Gasteiger partial charge in [0.05, 0.1) is 4.92 Å². The monoisotopic (exact) mass is 241 g/mol. The van der Waals surface area contributed by atoms with Crippen molar-refractivity contribution in [1.29, 1.82) is 0 Å².